The Bertz CT molecular complexity index is 439. The summed E-state index contributed by atoms with van der Waals surface area (Å²) in [5.74, 6) is -2.84. The lowest BCUT2D eigenvalue weighted by Gasteiger charge is -2.15. The fraction of sp³-hybridized carbons (Fsp3) is 0.300. The van der Waals surface area contributed by atoms with Gasteiger partial charge in [-0.2, -0.15) is 18.4 Å². The first-order valence-electron chi connectivity index (χ1n) is 4.50. The SMILES string of the molecule is N#CC(CNc1cc(Br)ccc1F)C(F)(F)F. The van der Waals surface area contributed by atoms with Crippen LogP contribution in [0.25, 0.3) is 0 Å². The Kier molecular flexibility index (Phi) is 4.34. The maximum Gasteiger partial charge on any atom is 0.406 e. The zero-order chi connectivity index (χ0) is 13.1. The van der Waals surface area contributed by atoms with Crippen molar-refractivity contribution in [2.24, 2.45) is 5.92 Å². The fourth-order valence-corrected chi connectivity index (χ4v) is 1.44. The van der Waals surface area contributed by atoms with Crippen molar-refractivity contribution in [3.63, 3.8) is 0 Å². The van der Waals surface area contributed by atoms with E-state index in [-0.39, 0.29) is 5.69 Å². The molecule has 17 heavy (non-hydrogen) atoms. The number of hydrogen-bond acceptors (Lipinski definition) is 2. The molecule has 0 saturated carbocycles. The van der Waals surface area contributed by atoms with E-state index in [1.807, 2.05) is 0 Å². The maximum atomic E-state index is 13.2. The molecule has 1 rings (SSSR count). The summed E-state index contributed by atoms with van der Waals surface area (Å²) in [4.78, 5) is 0. The molecule has 1 N–H and O–H groups in total. The van der Waals surface area contributed by atoms with Gasteiger partial charge in [0.25, 0.3) is 0 Å². The van der Waals surface area contributed by atoms with Crippen molar-refractivity contribution in [1.82, 2.24) is 0 Å². The summed E-state index contributed by atoms with van der Waals surface area (Å²) in [5.41, 5.74) is -0.0797. The van der Waals surface area contributed by atoms with Crippen LogP contribution in [-0.2, 0) is 0 Å². The zero-order valence-electron chi connectivity index (χ0n) is 8.35. The smallest absolute Gasteiger partial charge is 0.381 e. The summed E-state index contributed by atoms with van der Waals surface area (Å²) in [5, 5.41) is 10.6. The Morgan fingerprint density at radius 2 is 2.06 bits per heavy atom. The molecule has 0 radical (unpaired) electrons. The van der Waals surface area contributed by atoms with Crippen molar-refractivity contribution in [1.29, 1.82) is 5.26 Å². The minimum atomic E-state index is -4.62. The Morgan fingerprint density at radius 1 is 1.41 bits per heavy atom. The molecule has 1 unspecified atom stereocenters. The van der Waals surface area contributed by atoms with E-state index in [1.165, 1.54) is 12.1 Å². The summed E-state index contributed by atoms with van der Waals surface area (Å²) in [7, 11) is 0. The Morgan fingerprint density at radius 3 is 2.59 bits per heavy atom. The van der Waals surface area contributed by atoms with Crippen LogP contribution in [0.1, 0.15) is 0 Å². The number of nitrogens with one attached hydrogen (secondary N) is 1. The second-order valence-corrected chi connectivity index (χ2v) is 4.14. The molecular formula is C10H7BrF4N2. The lowest BCUT2D eigenvalue weighted by atomic mass is 10.1. The molecule has 0 fully saturated rings. The van der Waals surface area contributed by atoms with Gasteiger partial charge in [0.1, 0.15) is 5.82 Å². The van der Waals surface area contributed by atoms with Crippen LogP contribution >= 0.6 is 15.9 Å². The van der Waals surface area contributed by atoms with E-state index in [4.69, 9.17) is 5.26 Å². The predicted molar refractivity (Wildman–Crippen MR) is 57.7 cm³/mol. The standard InChI is InChI=1S/C10H7BrF4N2/c11-7-1-2-8(12)9(3-7)17-5-6(4-16)10(13,14)15/h1-3,6,17H,5H2. The van der Waals surface area contributed by atoms with E-state index in [9.17, 15) is 17.6 Å². The molecule has 1 aromatic carbocycles. The highest BCUT2D eigenvalue weighted by atomic mass is 79.9. The van der Waals surface area contributed by atoms with Crippen LogP contribution in [0, 0.1) is 23.1 Å². The molecule has 0 aliphatic rings. The number of nitriles is 1. The highest BCUT2D eigenvalue weighted by molar-refractivity contribution is 9.10. The van der Waals surface area contributed by atoms with Gasteiger partial charge < -0.3 is 5.32 Å². The normalized spacial score (nSPS) is 12.9. The Labute approximate surface area is 103 Å². The zero-order valence-corrected chi connectivity index (χ0v) is 9.94. The number of halogens is 5. The van der Waals surface area contributed by atoms with Crippen LogP contribution < -0.4 is 5.32 Å². The summed E-state index contributed by atoms with van der Waals surface area (Å²) >= 11 is 3.07. The molecule has 0 aliphatic carbocycles. The van der Waals surface area contributed by atoms with E-state index in [0.717, 1.165) is 12.1 Å². The van der Waals surface area contributed by atoms with Crippen LogP contribution in [0.3, 0.4) is 0 Å². The van der Waals surface area contributed by atoms with Gasteiger partial charge in [0.15, 0.2) is 5.92 Å². The minimum absolute atomic E-state index is 0.0797. The lowest BCUT2D eigenvalue weighted by molar-refractivity contribution is -0.155. The van der Waals surface area contributed by atoms with Crippen LogP contribution in [0.2, 0.25) is 0 Å². The molecule has 0 aromatic heterocycles. The van der Waals surface area contributed by atoms with Gasteiger partial charge in [-0.1, -0.05) is 15.9 Å². The maximum absolute atomic E-state index is 13.2. The van der Waals surface area contributed by atoms with Crippen molar-refractivity contribution in [3.8, 4) is 6.07 Å². The van der Waals surface area contributed by atoms with E-state index < -0.39 is 24.5 Å². The molecule has 0 spiro atoms. The molecule has 92 valence electrons. The van der Waals surface area contributed by atoms with Crippen LogP contribution in [-0.4, -0.2) is 12.7 Å². The number of benzene rings is 1. The molecule has 0 saturated heterocycles. The van der Waals surface area contributed by atoms with Crippen molar-refractivity contribution < 1.29 is 17.6 Å². The first-order chi connectivity index (χ1) is 7.84. The molecule has 0 heterocycles. The first kappa shape index (κ1) is 13.8. The third kappa shape index (κ3) is 3.89. The number of rotatable bonds is 3. The number of nitrogens with zero attached hydrogens (tertiary/aromatic N) is 1. The Balaban J connectivity index is 2.73. The molecule has 0 amide bonds. The highest BCUT2D eigenvalue weighted by Crippen LogP contribution is 2.27. The van der Waals surface area contributed by atoms with Gasteiger partial charge in [0.05, 0.1) is 11.8 Å². The molecule has 1 aromatic rings. The molecule has 1 atom stereocenters. The second-order valence-electron chi connectivity index (χ2n) is 3.23. The van der Waals surface area contributed by atoms with Crippen molar-refractivity contribution in [3.05, 3.63) is 28.5 Å². The minimum Gasteiger partial charge on any atom is -0.381 e. The third-order valence-electron chi connectivity index (χ3n) is 1.98. The number of anilines is 1. The van der Waals surface area contributed by atoms with Gasteiger partial charge in [0, 0.05) is 11.0 Å². The first-order valence-corrected chi connectivity index (χ1v) is 5.29. The van der Waals surface area contributed by atoms with E-state index in [0.29, 0.717) is 4.47 Å². The quantitative estimate of drug-likeness (QED) is 0.864. The summed E-state index contributed by atoms with van der Waals surface area (Å²) in [6.07, 6.45) is -4.62. The van der Waals surface area contributed by atoms with Gasteiger partial charge in [-0.25, -0.2) is 4.39 Å². The fourth-order valence-electron chi connectivity index (χ4n) is 1.08. The van der Waals surface area contributed by atoms with Gasteiger partial charge in [-0.05, 0) is 18.2 Å². The van der Waals surface area contributed by atoms with Gasteiger partial charge >= 0.3 is 6.18 Å². The summed E-state index contributed by atoms with van der Waals surface area (Å²) in [6.45, 7) is -0.687. The largest absolute Gasteiger partial charge is 0.406 e. The Hall–Kier alpha value is -1.29. The highest BCUT2D eigenvalue weighted by Gasteiger charge is 2.39. The van der Waals surface area contributed by atoms with Gasteiger partial charge in [-0.15, -0.1) is 0 Å². The lowest BCUT2D eigenvalue weighted by Crippen LogP contribution is -2.28. The molecule has 0 aliphatic heterocycles. The van der Waals surface area contributed by atoms with E-state index in [1.54, 1.807) is 0 Å². The molecular weight excluding hydrogens is 304 g/mol. The van der Waals surface area contributed by atoms with Crippen LogP contribution in [0.4, 0.5) is 23.2 Å². The average molecular weight is 311 g/mol. The predicted octanol–water partition coefficient (Wildman–Crippen LogP) is 3.70. The molecule has 2 nitrogen and oxygen atoms in total. The summed E-state index contributed by atoms with van der Waals surface area (Å²) < 4.78 is 50.4. The summed E-state index contributed by atoms with van der Waals surface area (Å²) in [6, 6.07) is 4.97. The number of alkyl halides is 3. The van der Waals surface area contributed by atoms with E-state index >= 15 is 0 Å². The average Bonchev–Trinajstić information content (AvgIpc) is 2.22. The van der Waals surface area contributed by atoms with Crippen molar-refractivity contribution in [2.45, 2.75) is 6.18 Å². The van der Waals surface area contributed by atoms with Gasteiger partial charge in [-0.3, -0.25) is 0 Å². The topological polar surface area (TPSA) is 35.8 Å². The molecule has 0 bridgehead atoms. The van der Waals surface area contributed by atoms with Gasteiger partial charge in [0.2, 0.25) is 0 Å². The van der Waals surface area contributed by atoms with Crippen molar-refractivity contribution in [2.75, 3.05) is 11.9 Å². The third-order valence-corrected chi connectivity index (χ3v) is 2.47. The van der Waals surface area contributed by atoms with Crippen molar-refractivity contribution >= 4 is 21.6 Å². The van der Waals surface area contributed by atoms with Crippen LogP contribution in [0.15, 0.2) is 22.7 Å². The molecule has 7 heteroatoms. The second kappa shape index (κ2) is 5.36. The van der Waals surface area contributed by atoms with Crippen LogP contribution in [0.5, 0.6) is 0 Å². The monoisotopic (exact) mass is 310 g/mol. The van der Waals surface area contributed by atoms with E-state index in [2.05, 4.69) is 21.2 Å². The number of hydrogen-bond donors (Lipinski definition) is 1.